The molecule has 3 nitrogen and oxygen atoms in total. The SMILES string of the molecule is Cc1ccc2c(c1)c1c(n2CCc2ccco2)CCNC1. The van der Waals surface area contributed by atoms with E-state index < -0.39 is 0 Å². The first-order chi connectivity index (χ1) is 10.3. The summed E-state index contributed by atoms with van der Waals surface area (Å²) in [7, 11) is 0. The number of benzene rings is 1. The predicted molar refractivity (Wildman–Crippen MR) is 84.5 cm³/mol. The minimum atomic E-state index is 0.949. The van der Waals surface area contributed by atoms with Crippen LogP contribution in [0.1, 0.15) is 22.6 Å². The Hall–Kier alpha value is -2.00. The van der Waals surface area contributed by atoms with Crippen LogP contribution in [-0.4, -0.2) is 11.1 Å². The molecule has 0 saturated carbocycles. The Bertz CT molecular complexity index is 768. The normalized spacial score (nSPS) is 14.5. The van der Waals surface area contributed by atoms with E-state index in [1.54, 1.807) is 6.26 Å². The van der Waals surface area contributed by atoms with Crippen molar-refractivity contribution >= 4 is 10.9 Å². The molecule has 21 heavy (non-hydrogen) atoms. The van der Waals surface area contributed by atoms with Crippen molar-refractivity contribution in [3.05, 3.63) is 59.2 Å². The summed E-state index contributed by atoms with van der Waals surface area (Å²) < 4.78 is 7.97. The second kappa shape index (κ2) is 5.08. The molecule has 0 atom stereocenters. The quantitative estimate of drug-likeness (QED) is 0.796. The molecule has 3 heterocycles. The van der Waals surface area contributed by atoms with Crippen LogP contribution in [0.5, 0.6) is 0 Å². The smallest absolute Gasteiger partial charge is 0.105 e. The number of rotatable bonds is 3. The van der Waals surface area contributed by atoms with Crippen molar-refractivity contribution in [1.82, 2.24) is 9.88 Å². The average molecular weight is 280 g/mol. The molecule has 1 aromatic carbocycles. The molecule has 0 amide bonds. The van der Waals surface area contributed by atoms with E-state index in [9.17, 15) is 0 Å². The molecule has 1 aliphatic heterocycles. The Balaban J connectivity index is 1.79. The van der Waals surface area contributed by atoms with Gasteiger partial charge >= 0.3 is 0 Å². The molecule has 3 aromatic rings. The number of hydrogen-bond acceptors (Lipinski definition) is 2. The molecule has 0 saturated heterocycles. The van der Waals surface area contributed by atoms with Crippen LogP contribution < -0.4 is 5.32 Å². The Morgan fingerprint density at radius 3 is 3.10 bits per heavy atom. The first-order valence-corrected chi connectivity index (χ1v) is 7.66. The molecule has 0 unspecified atom stereocenters. The van der Waals surface area contributed by atoms with Crippen LogP contribution in [0.2, 0.25) is 0 Å². The van der Waals surface area contributed by atoms with E-state index in [1.807, 2.05) is 6.07 Å². The summed E-state index contributed by atoms with van der Waals surface area (Å²) in [6.07, 6.45) is 3.82. The van der Waals surface area contributed by atoms with Gasteiger partial charge in [0.05, 0.1) is 6.26 Å². The van der Waals surface area contributed by atoms with Crippen molar-refractivity contribution in [3.8, 4) is 0 Å². The Labute approximate surface area is 124 Å². The average Bonchev–Trinajstić information content (AvgIpc) is 3.11. The van der Waals surface area contributed by atoms with Gasteiger partial charge in [-0.3, -0.25) is 0 Å². The van der Waals surface area contributed by atoms with E-state index in [2.05, 4.69) is 41.1 Å². The predicted octanol–water partition coefficient (Wildman–Crippen LogP) is 3.43. The zero-order valence-corrected chi connectivity index (χ0v) is 12.4. The van der Waals surface area contributed by atoms with E-state index in [0.717, 1.165) is 38.2 Å². The summed E-state index contributed by atoms with van der Waals surface area (Å²) in [4.78, 5) is 0. The molecule has 2 aromatic heterocycles. The van der Waals surface area contributed by atoms with E-state index in [0.29, 0.717) is 0 Å². The third kappa shape index (κ3) is 2.18. The van der Waals surface area contributed by atoms with Crippen LogP contribution in [0.3, 0.4) is 0 Å². The number of nitrogens with one attached hydrogen (secondary N) is 1. The molecule has 0 fully saturated rings. The summed E-state index contributed by atoms with van der Waals surface area (Å²) in [6.45, 7) is 5.22. The summed E-state index contributed by atoms with van der Waals surface area (Å²) >= 11 is 0. The summed E-state index contributed by atoms with van der Waals surface area (Å²) in [5.74, 6) is 1.06. The molecule has 0 bridgehead atoms. The maximum atomic E-state index is 5.48. The maximum Gasteiger partial charge on any atom is 0.105 e. The fourth-order valence-corrected chi connectivity index (χ4v) is 3.43. The number of hydrogen-bond donors (Lipinski definition) is 1. The van der Waals surface area contributed by atoms with Crippen LogP contribution >= 0.6 is 0 Å². The molecule has 1 aliphatic rings. The number of furan rings is 1. The monoisotopic (exact) mass is 280 g/mol. The van der Waals surface area contributed by atoms with Gasteiger partial charge < -0.3 is 14.3 Å². The van der Waals surface area contributed by atoms with Crippen LogP contribution in [-0.2, 0) is 25.9 Å². The van der Waals surface area contributed by atoms with E-state index in [4.69, 9.17) is 4.42 Å². The highest BCUT2D eigenvalue weighted by molar-refractivity contribution is 5.86. The van der Waals surface area contributed by atoms with Gasteiger partial charge in [0.1, 0.15) is 5.76 Å². The lowest BCUT2D eigenvalue weighted by molar-refractivity contribution is 0.488. The first kappa shape index (κ1) is 12.7. The van der Waals surface area contributed by atoms with Gasteiger partial charge in [-0.25, -0.2) is 0 Å². The maximum absolute atomic E-state index is 5.48. The molecule has 0 spiro atoms. The highest BCUT2D eigenvalue weighted by atomic mass is 16.3. The van der Waals surface area contributed by atoms with Crippen molar-refractivity contribution in [2.24, 2.45) is 0 Å². The summed E-state index contributed by atoms with van der Waals surface area (Å²) in [5.41, 5.74) is 5.68. The molecule has 1 N–H and O–H groups in total. The van der Waals surface area contributed by atoms with Crippen LogP contribution in [0.4, 0.5) is 0 Å². The fourth-order valence-electron chi connectivity index (χ4n) is 3.43. The molecule has 108 valence electrons. The number of aromatic nitrogens is 1. The van der Waals surface area contributed by atoms with Gasteiger partial charge in [0.15, 0.2) is 0 Å². The van der Waals surface area contributed by atoms with Gasteiger partial charge in [0.2, 0.25) is 0 Å². The topological polar surface area (TPSA) is 30.1 Å². The Morgan fingerprint density at radius 2 is 2.24 bits per heavy atom. The van der Waals surface area contributed by atoms with E-state index in [1.165, 1.54) is 27.7 Å². The zero-order valence-electron chi connectivity index (χ0n) is 12.4. The lowest BCUT2D eigenvalue weighted by Crippen LogP contribution is -2.24. The van der Waals surface area contributed by atoms with Crippen molar-refractivity contribution in [1.29, 1.82) is 0 Å². The van der Waals surface area contributed by atoms with Gasteiger partial charge in [0, 0.05) is 49.1 Å². The lowest BCUT2D eigenvalue weighted by Gasteiger charge is -2.16. The van der Waals surface area contributed by atoms with Gasteiger partial charge in [-0.2, -0.15) is 0 Å². The molecule has 0 aliphatic carbocycles. The van der Waals surface area contributed by atoms with Crippen molar-refractivity contribution in [2.75, 3.05) is 6.54 Å². The van der Waals surface area contributed by atoms with Gasteiger partial charge in [-0.15, -0.1) is 0 Å². The Morgan fingerprint density at radius 1 is 1.29 bits per heavy atom. The highest BCUT2D eigenvalue weighted by Gasteiger charge is 2.19. The fraction of sp³-hybridized carbons (Fsp3) is 0.333. The second-order valence-corrected chi connectivity index (χ2v) is 5.85. The van der Waals surface area contributed by atoms with Crippen molar-refractivity contribution in [2.45, 2.75) is 32.9 Å². The van der Waals surface area contributed by atoms with Crippen LogP contribution in [0.15, 0.2) is 41.0 Å². The molecule has 3 heteroatoms. The second-order valence-electron chi connectivity index (χ2n) is 5.85. The number of nitrogens with zero attached hydrogens (tertiary/aromatic N) is 1. The van der Waals surface area contributed by atoms with Crippen molar-refractivity contribution < 1.29 is 4.42 Å². The van der Waals surface area contributed by atoms with Gasteiger partial charge in [0.25, 0.3) is 0 Å². The third-order valence-corrected chi connectivity index (χ3v) is 4.44. The van der Waals surface area contributed by atoms with Crippen LogP contribution in [0.25, 0.3) is 10.9 Å². The largest absolute Gasteiger partial charge is 0.469 e. The molecular formula is C18H20N2O. The molecular weight excluding hydrogens is 260 g/mol. The summed E-state index contributed by atoms with van der Waals surface area (Å²) in [6, 6.07) is 10.8. The van der Waals surface area contributed by atoms with E-state index in [-0.39, 0.29) is 0 Å². The Kier molecular flexibility index (Phi) is 3.08. The molecule has 4 rings (SSSR count). The summed E-state index contributed by atoms with van der Waals surface area (Å²) in [5, 5.41) is 4.92. The number of aryl methyl sites for hydroxylation is 3. The van der Waals surface area contributed by atoms with Crippen LogP contribution in [0, 0.1) is 6.92 Å². The third-order valence-electron chi connectivity index (χ3n) is 4.44. The minimum Gasteiger partial charge on any atom is -0.469 e. The number of fused-ring (bicyclic) bond motifs is 3. The lowest BCUT2D eigenvalue weighted by atomic mass is 10.0. The standard InChI is InChI=1S/C18H20N2O/c1-13-4-5-17-15(11-13)16-12-19-8-6-18(16)20(17)9-7-14-3-2-10-21-14/h2-5,10-11,19H,6-9,12H2,1H3. The van der Waals surface area contributed by atoms with Gasteiger partial charge in [-0.05, 0) is 36.8 Å². The minimum absolute atomic E-state index is 0.949. The van der Waals surface area contributed by atoms with Gasteiger partial charge in [-0.1, -0.05) is 11.6 Å². The first-order valence-electron chi connectivity index (χ1n) is 7.66. The highest BCUT2D eigenvalue weighted by Crippen LogP contribution is 2.29. The molecule has 0 radical (unpaired) electrons. The van der Waals surface area contributed by atoms with E-state index >= 15 is 0 Å². The van der Waals surface area contributed by atoms with Crippen molar-refractivity contribution in [3.63, 3.8) is 0 Å². The zero-order chi connectivity index (χ0) is 14.2.